The Morgan fingerprint density at radius 3 is 2.00 bits per heavy atom. The van der Waals surface area contributed by atoms with Gasteiger partial charge in [-0.05, 0) is 32.1 Å². The minimum Gasteiger partial charge on any atom is -0.394 e. The van der Waals surface area contributed by atoms with Crippen molar-refractivity contribution in [3.8, 4) is 0 Å². The highest BCUT2D eigenvalue weighted by Crippen LogP contribution is 2.20. The predicted octanol–water partition coefficient (Wildman–Crippen LogP) is 4.13. The molecular formula is C23H44O5. The molecule has 0 radical (unpaired) electrons. The van der Waals surface area contributed by atoms with Crippen molar-refractivity contribution in [1.29, 1.82) is 0 Å². The Balaban J connectivity index is 1.87. The number of hydrogen-bond donors (Lipinski definition) is 3. The molecule has 5 heteroatoms. The van der Waals surface area contributed by atoms with Gasteiger partial charge in [0.1, 0.15) is 24.4 Å². The third-order valence-electron chi connectivity index (χ3n) is 5.47. The molecule has 1 saturated heterocycles. The second kappa shape index (κ2) is 17.4. The van der Waals surface area contributed by atoms with Gasteiger partial charge < -0.3 is 24.8 Å². The molecule has 0 aromatic heterocycles. The Kier molecular flexibility index (Phi) is 15.9. The first kappa shape index (κ1) is 25.6. The van der Waals surface area contributed by atoms with Crippen LogP contribution in [-0.4, -0.2) is 59.6 Å². The highest BCUT2D eigenvalue weighted by Gasteiger charge is 2.40. The van der Waals surface area contributed by atoms with Crippen LogP contribution in [0.1, 0.15) is 90.4 Å². The summed E-state index contributed by atoms with van der Waals surface area (Å²) in [7, 11) is 0. The molecule has 0 bridgehead atoms. The molecule has 3 N–H and O–H groups in total. The average Bonchev–Trinajstić information content (AvgIpc) is 3.03. The Labute approximate surface area is 172 Å². The smallest absolute Gasteiger partial charge is 0.114 e. The van der Waals surface area contributed by atoms with Gasteiger partial charge in [-0.3, -0.25) is 0 Å². The zero-order valence-electron chi connectivity index (χ0n) is 17.9. The third-order valence-corrected chi connectivity index (χ3v) is 5.47. The van der Waals surface area contributed by atoms with Crippen LogP contribution in [0.5, 0.6) is 0 Å². The minimum absolute atomic E-state index is 0.0977. The monoisotopic (exact) mass is 400 g/mol. The molecule has 1 aliphatic heterocycles. The van der Waals surface area contributed by atoms with Gasteiger partial charge in [0.25, 0.3) is 0 Å². The molecule has 0 unspecified atom stereocenters. The van der Waals surface area contributed by atoms with Gasteiger partial charge in [-0.25, -0.2) is 0 Å². The third kappa shape index (κ3) is 11.5. The summed E-state index contributed by atoms with van der Waals surface area (Å²) in [6.07, 6.45) is 17.9. The fraction of sp³-hybridized carbons (Fsp3) is 0.913. The summed E-state index contributed by atoms with van der Waals surface area (Å²) >= 11 is 0. The minimum atomic E-state index is -0.979. The Morgan fingerprint density at radius 2 is 1.46 bits per heavy atom. The van der Waals surface area contributed by atoms with E-state index < -0.39 is 24.4 Å². The first-order valence-corrected chi connectivity index (χ1v) is 11.6. The quantitative estimate of drug-likeness (QED) is 0.238. The number of unbranched alkanes of at least 4 members (excludes halogenated alkanes) is 11. The lowest BCUT2D eigenvalue weighted by Crippen LogP contribution is -2.42. The predicted molar refractivity (Wildman–Crippen MR) is 113 cm³/mol. The first-order chi connectivity index (χ1) is 13.7. The van der Waals surface area contributed by atoms with E-state index in [9.17, 15) is 15.3 Å². The molecule has 0 aliphatic carbocycles. The summed E-state index contributed by atoms with van der Waals surface area (Å²) in [6, 6.07) is 0. The van der Waals surface area contributed by atoms with Crippen molar-refractivity contribution in [2.75, 3.05) is 19.8 Å². The van der Waals surface area contributed by atoms with Crippen LogP contribution in [0.4, 0.5) is 0 Å². The number of ether oxygens (including phenoxy) is 2. The van der Waals surface area contributed by atoms with Gasteiger partial charge in [0, 0.05) is 6.61 Å². The first-order valence-electron chi connectivity index (χ1n) is 11.6. The molecule has 0 aromatic carbocycles. The summed E-state index contributed by atoms with van der Waals surface area (Å²) in [4.78, 5) is 0. The maximum atomic E-state index is 9.82. The summed E-state index contributed by atoms with van der Waals surface area (Å²) < 4.78 is 11.0. The number of rotatable bonds is 18. The van der Waals surface area contributed by atoms with Gasteiger partial charge in [-0.15, -0.1) is 0 Å². The van der Waals surface area contributed by atoms with E-state index in [1.165, 1.54) is 70.6 Å². The Bertz CT molecular complexity index is 374. The van der Waals surface area contributed by atoms with Gasteiger partial charge >= 0.3 is 0 Å². The lowest BCUT2D eigenvalue weighted by atomic mass is 10.1. The number of aliphatic hydroxyl groups excluding tert-OH is 3. The van der Waals surface area contributed by atoms with Gasteiger partial charge in [-0.1, -0.05) is 70.4 Å². The molecule has 5 nitrogen and oxygen atoms in total. The molecule has 1 fully saturated rings. The van der Waals surface area contributed by atoms with E-state index >= 15 is 0 Å². The van der Waals surface area contributed by atoms with Crippen molar-refractivity contribution < 1.29 is 24.8 Å². The van der Waals surface area contributed by atoms with E-state index in [0.717, 1.165) is 12.8 Å². The lowest BCUT2D eigenvalue weighted by molar-refractivity contribution is -0.101. The van der Waals surface area contributed by atoms with Gasteiger partial charge in [0.15, 0.2) is 0 Å². The van der Waals surface area contributed by atoms with E-state index in [1.54, 1.807) is 0 Å². The van der Waals surface area contributed by atoms with Crippen molar-refractivity contribution in [2.24, 2.45) is 0 Å². The van der Waals surface area contributed by atoms with Crippen molar-refractivity contribution >= 4 is 0 Å². The van der Waals surface area contributed by atoms with Crippen LogP contribution in [0, 0.1) is 0 Å². The molecule has 1 aliphatic rings. The maximum Gasteiger partial charge on any atom is 0.114 e. The van der Waals surface area contributed by atoms with Gasteiger partial charge in [0.2, 0.25) is 0 Å². The molecule has 4 atom stereocenters. The molecule has 0 aromatic rings. The molecule has 0 amide bonds. The van der Waals surface area contributed by atoms with E-state index in [2.05, 4.69) is 19.1 Å². The van der Waals surface area contributed by atoms with E-state index in [1.807, 2.05) is 0 Å². The molecule has 0 saturated carbocycles. The van der Waals surface area contributed by atoms with E-state index in [4.69, 9.17) is 9.47 Å². The molecule has 166 valence electrons. The lowest BCUT2D eigenvalue weighted by Gasteiger charge is -2.24. The zero-order chi connectivity index (χ0) is 20.5. The molecule has 1 heterocycles. The van der Waals surface area contributed by atoms with Crippen LogP contribution in [-0.2, 0) is 9.47 Å². The summed E-state index contributed by atoms with van der Waals surface area (Å²) in [6.45, 7) is 2.70. The average molecular weight is 401 g/mol. The highest BCUT2D eigenvalue weighted by molar-refractivity contribution is 4.88. The molecular weight excluding hydrogens is 356 g/mol. The molecule has 28 heavy (non-hydrogen) atoms. The number of aliphatic hydroxyl groups is 3. The van der Waals surface area contributed by atoms with E-state index in [-0.39, 0.29) is 13.2 Å². The van der Waals surface area contributed by atoms with Crippen molar-refractivity contribution in [3.05, 3.63) is 12.2 Å². The zero-order valence-corrected chi connectivity index (χ0v) is 17.9. The fourth-order valence-electron chi connectivity index (χ4n) is 3.61. The summed E-state index contributed by atoms with van der Waals surface area (Å²) in [5.41, 5.74) is 0. The van der Waals surface area contributed by atoms with Crippen LogP contribution in [0.15, 0.2) is 12.2 Å². The largest absolute Gasteiger partial charge is 0.394 e. The molecule has 1 rings (SSSR count). The van der Waals surface area contributed by atoms with Crippen LogP contribution < -0.4 is 0 Å². The van der Waals surface area contributed by atoms with Crippen LogP contribution >= 0.6 is 0 Å². The highest BCUT2D eigenvalue weighted by atomic mass is 16.6. The number of hydrogen-bond acceptors (Lipinski definition) is 5. The Morgan fingerprint density at radius 1 is 0.893 bits per heavy atom. The summed E-state index contributed by atoms with van der Waals surface area (Å²) in [5, 5.41) is 28.7. The second-order valence-electron chi connectivity index (χ2n) is 8.03. The number of allylic oxidation sites excluding steroid dienone is 2. The SMILES string of the molecule is CCCCCC/C=C/CCCCCCCCCO[C@H](CO)[C@@H]1OC[C@H](O)[C@@H]1O. The van der Waals surface area contributed by atoms with Crippen molar-refractivity contribution in [3.63, 3.8) is 0 Å². The summed E-state index contributed by atoms with van der Waals surface area (Å²) in [5.74, 6) is 0. The van der Waals surface area contributed by atoms with Crippen LogP contribution in [0.2, 0.25) is 0 Å². The van der Waals surface area contributed by atoms with E-state index in [0.29, 0.717) is 6.61 Å². The Hall–Kier alpha value is -0.460. The maximum absolute atomic E-state index is 9.82. The van der Waals surface area contributed by atoms with Crippen LogP contribution in [0.25, 0.3) is 0 Å². The second-order valence-corrected chi connectivity index (χ2v) is 8.03. The molecule has 0 spiro atoms. The standard InChI is InChI=1S/C23H44O5/c1-2-3-4-5-6-7-8-9-10-11-12-13-14-15-16-17-27-21(18-24)23-22(26)20(25)19-28-23/h7-8,20-26H,2-6,9-19H2,1H3/b8-7+/t20-,21+,22-,23-/m0/s1. The fourth-order valence-corrected chi connectivity index (χ4v) is 3.61. The van der Waals surface area contributed by atoms with Crippen LogP contribution in [0.3, 0.4) is 0 Å². The van der Waals surface area contributed by atoms with Gasteiger partial charge in [0.05, 0.1) is 13.2 Å². The van der Waals surface area contributed by atoms with Crippen molar-refractivity contribution in [1.82, 2.24) is 0 Å². The van der Waals surface area contributed by atoms with Crippen molar-refractivity contribution in [2.45, 2.75) is 115 Å². The van der Waals surface area contributed by atoms with Gasteiger partial charge in [-0.2, -0.15) is 0 Å². The topological polar surface area (TPSA) is 79.2 Å². The normalized spacial score (nSPS) is 23.6.